The Morgan fingerprint density at radius 2 is 1.07 bits per heavy atom. The maximum atomic E-state index is 6.47. The first-order chi connectivity index (χ1) is 20.7. The Morgan fingerprint density at radius 1 is 0.452 bits per heavy atom. The van der Waals surface area contributed by atoms with Crippen LogP contribution in [0.15, 0.2) is 138 Å². The molecule has 0 bridgehead atoms. The van der Waals surface area contributed by atoms with Gasteiger partial charge in [0.2, 0.25) is 5.28 Å². The molecule has 0 N–H and O–H groups in total. The first kappa shape index (κ1) is 24.5. The molecule has 0 saturated heterocycles. The summed E-state index contributed by atoms with van der Waals surface area (Å²) in [5, 5.41) is 4.46. The molecule has 6 aromatic carbocycles. The molecule has 5 heteroatoms. The first-order valence-electron chi connectivity index (χ1n) is 13.7. The summed E-state index contributed by atoms with van der Waals surface area (Å²) in [6.45, 7) is 0. The van der Waals surface area contributed by atoms with Crippen LogP contribution in [0, 0.1) is 0 Å². The van der Waals surface area contributed by atoms with E-state index in [9.17, 15) is 0 Å². The van der Waals surface area contributed by atoms with E-state index in [0.717, 1.165) is 55.0 Å². The SMILES string of the molecule is Clc1nc(-c2ccc3cc(-c4ccccc4)ccc3c2)nc(-c2ccc3oc4cccc(-c5ccccc5)c4c3c2)n1. The van der Waals surface area contributed by atoms with Crippen LogP contribution >= 0.6 is 11.6 Å². The Bertz CT molecular complexity index is 2260. The lowest BCUT2D eigenvalue weighted by Gasteiger charge is -2.08. The van der Waals surface area contributed by atoms with Gasteiger partial charge >= 0.3 is 0 Å². The number of hydrogen-bond acceptors (Lipinski definition) is 4. The van der Waals surface area contributed by atoms with Crippen LogP contribution in [-0.4, -0.2) is 15.0 Å². The monoisotopic (exact) mass is 559 g/mol. The van der Waals surface area contributed by atoms with E-state index in [1.54, 1.807) is 0 Å². The van der Waals surface area contributed by atoms with Gasteiger partial charge in [0.15, 0.2) is 11.6 Å². The fraction of sp³-hybridized carbons (Fsp3) is 0. The zero-order chi connectivity index (χ0) is 28.0. The van der Waals surface area contributed by atoms with E-state index in [0.29, 0.717) is 11.6 Å². The van der Waals surface area contributed by atoms with Crippen LogP contribution in [0.25, 0.3) is 77.7 Å². The molecule has 0 aliphatic heterocycles. The predicted molar refractivity (Wildman–Crippen MR) is 171 cm³/mol. The van der Waals surface area contributed by atoms with Crippen molar-refractivity contribution in [1.82, 2.24) is 15.0 Å². The Labute approximate surface area is 246 Å². The third-order valence-corrected chi connectivity index (χ3v) is 7.82. The molecule has 8 rings (SSSR count). The van der Waals surface area contributed by atoms with E-state index >= 15 is 0 Å². The van der Waals surface area contributed by atoms with Crippen LogP contribution in [0.5, 0.6) is 0 Å². The van der Waals surface area contributed by atoms with Gasteiger partial charge in [-0.15, -0.1) is 0 Å². The van der Waals surface area contributed by atoms with Crippen molar-refractivity contribution in [3.8, 4) is 45.0 Å². The van der Waals surface area contributed by atoms with E-state index in [1.165, 1.54) is 11.1 Å². The maximum Gasteiger partial charge on any atom is 0.226 e. The van der Waals surface area contributed by atoms with Crippen molar-refractivity contribution in [3.05, 3.63) is 139 Å². The molecule has 0 aliphatic rings. The summed E-state index contributed by atoms with van der Waals surface area (Å²) in [6, 6.07) is 45.6. The average molecular weight is 560 g/mol. The Morgan fingerprint density at radius 3 is 1.81 bits per heavy atom. The molecule has 198 valence electrons. The highest BCUT2D eigenvalue weighted by molar-refractivity contribution is 6.28. The molecule has 0 atom stereocenters. The van der Waals surface area contributed by atoms with Gasteiger partial charge < -0.3 is 4.42 Å². The average Bonchev–Trinajstić information content (AvgIpc) is 3.43. The molecule has 0 amide bonds. The molecule has 8 aromatic rings. The summed E-state index contributed by atoms with van der Waals surface area (Å²) in [5.74, 6) is 1.04. The van der Waals surface area contributed by atoms with Gasteiger partial charge in [0.25, 0.3) is 0 Å². The number of furan rings is 1. The highest BCUT2D eigenvalue weighted by atomic mass is 35.5. The number of fused-ring (bicyclic) bond motifs is 4. The number of halogens is 1. The fourth-order valence-corrected chi connectivity index (χ4v) is 5.79. The number of rotatable bonds is 4. The molecule has 0 saturated carbocycles. The quantitative estimate of drug-likeness (QED) is 0.215. The molecule has 0 unspecified atom stereocenters. The maximum absolute atomic E-state index is 6.47. The fourth-order valence-electron chi connectivity index (χ4n) is 5.63. The van der Waals surface area contributed by atoms with Gasteiger partial charge in [-0.05, 0) is 81.0 Å². The van der Waals surface area contributed by atoms with Crippen LogP contribution in [0.3, 0.4) is 0 Å². The molecule has 0 aliphatic carbocycles. The highest BCUT2D eigenvalue weighted by Gasteiger charge is 2.16. The van der Waals surface area contributed by atoms with Crippen molar-refractivity contribution in [3.63, 3.8) is 0 Å². The lowest BCUT2D eigenvalue weighted by molar-refractivity contribution is 0.669. The van der Waals surface area contributed by atoms with Gasteiger partial charge in [-0.2, -0.15) is 9.97 Å². The Hall–Kier alpha value is -5.32. The topological polar surface area (TPSA) is 51.8 Å². The number of aromatic nitrogens is 3. The van der Waals surface area contributed by atoms with Crippen LogP contribution in [0.1, 0.15) is 0 Å². The second-order valence-electron chi connectivity index (χ2n) is 10.3. The van der Waals surface area contributed by atoms with E-state index in [2.05, 4.69) is 88.8 Å². The van der Waals surface area contributed by atoms with Gasteiger partial charge in [0.1, 0.15) is 11.2 Å². The van der Waals surface area contributed by atoms with E-state index in [4.69, 9.17) is 21.0 Å². The van der Waals surface area contributed by atoms with Gasteiger partial charge in [0.05, 0.1) is 0 Å². The second kappa shape index (κ2) is 9.95. The van der Waals surface area contributed by atoms with Crippen molar-refractivity contribution >= 4 is 44.3 Å². The van der Waals surface area contributed by atoms with Crippen molar-refractivity contribution in [2.45, 2.75) is 0 Å². The normalized spacial score (nSPS) is 11.5. The number of hydrogen-bond donors (Lipinski definition) is 0. The summed E-state index contributed by atoms with van der Waals surface area (Å²) in [7, 11) is 0. The van der Waals surface area contributed by atoms with Crippen molar-refractivity contribution < 1.29 is 4.42 Å². The smallest absolute Gasteiger partial charge is 0.226 e. The molecular formula is C37H22ClN3O. The molecule has 2 heterocycles. The highest BCUT2D eigenvalue weighted by Crippen LogP contribution is 2.38. The molecule has 0 radical (unpaired) electrons. The van der Waals surface area contributed by atoms with Crippen LogP contribution in [0.4, 0.5) is 0 Å². The summed E-state index contributed by atoms with van der Waals surface area (Å²) < 4.78 is 6.22. The van der Waals surface area contributed by atoms with Gasteiger partial charge in [-0.1, -0.05) is 97.1 Å². The van der Waals surface area contributed by atoms with Crippen LogP contribution in [0.2, 0.25) is 5.28 Å². The molecule has 2 aromatic heterocycles. The van der Waals surface area contributed by atoms with Crippen molar-refractivity contribution in [2.75, 3.05) is 0 Å². The minimum Gasteiger partial charge on any atom is -0.456 e. The molecular weight excluding hydrogens is 538 g/mol. The lowest BCUT2D eigenvalue weighted by atomic mass is 9.99. The predicted octanol–water partition coefficient (Wildman–Crippen LogP) is 10.2. The Balaban J connectivity index is 1.22. The summed E-state index contributed by atoms with van der Waals surface area (Å²) in [5.41, 5.74) is 7.98. The molecule has 42 heavy (non-hydrogen) atoms. The van der Waals surface area contributed by atoms with Gasteiger partial charge in [0, 0.05) is 21.9 Å². The van der Waals surface area contributed by atoms with E-state index < -0.39 is 0 Å². The lowest BCUT2D eigenvalue weighted by Crippen LogP contribution is -1.97. The molecule has 0 fully saturated rings. The summed E-state index contributed by atoms with van der Waals surface area (Å²) in [4.78, 5) is 13.8. The standard InChI is InChI=1S/C37H22ClN3O/c38-37-40-35(28-17-16-26-20-25(14-15-27(26)21-28)23-8-3-1-4-9-23)39-36(41-37)29-18-19-32-31(22-29)34-30(12-7-13-33(34)42-32)24-10-5-2-6-11-24/h1-22H. The molecule has 4 nitrogen and oxygen atoms in total. The van der Waals surface area contributed by atoms with Gasteiger partial charge in [-0.3, -0.25) is 0 Å². The van der Waals surface area contributed by atoms with E-state index in [1.807, 2.05) is 54.6 Å². The summed E-state index contributed by atoms with van der Waals surface area (Å²) >= 11 is 6.47. The van der Waals surface area contributed by atoms with Crippen molar-refractivity contribution in [1.29, 1.82) is 0 Å². The zero-order valence-corrected chi connectivity index (χ0v) is 23.1. The summed E-state index contributed by atoms with van der Waals surface area (Å²) in [6.07, 6.45) is 0. The zero-order valence-electron chi connectivity index (χ0n) is 22.3. The Kier molecular flexibility index (Phi) is 5.80. The minimum absolute atomic E-state index is 0.150. The van der Waals surface area contributed by atoms with Crippen LogP contribution < -0.4 is 0 Å². The van der Waals surface area contributed by atoms with Crippen molar-refractivity contribution in [2.24, 2.45) is 0 Å². The largest absolute Gasteiger partial charge is 0.456 e. The minimum atomic E-state index is 0.150. The van der Waals surface area contributed by atoms with E-state index in [-0.39, 0.29) is 5.28 Å². The third-order valence-electron chi connectivity index (χ3n) is 7.65. The first-order valence-corrected chi connectivity index (χ1v) is 14.1. The number of nitrogens with zero attached hydrogens (tertiary/aromatic N) is 3. The number of benzene rings is 6. The van der Waals surface area contributed by atoms with Crippen LogP contribution in [-0.2, 0) is 0 Å². The third kappa shape index (κ3) is 4.30. The second-order valence-corrected chi connectivity index (χ2v) is 10.6. The molecule has 0 spiro atoms. The van der Waals surface area contributed by atoms with Gasteiger partial charge in [-0.25, -0.2) is 4.98 Å².